The molecule has 5 rings (SSSR count). The molecule has 1 spiro atoms. The van der Waals surface area contributed by atoms with E-state index in [-0.39, 0.29) is 17.9 Å². The van der Waals surface area contributed by atoms with Gasteiger partial charge in [-0.05, 0) is 19.1 Å². The number of rotatable bonds is 4. The van der Waals surface area contributed by atoms with Gasteiger partial charge in [0.05, 0.1) is 38.2 Å². The monoisotopic (exact) mass is 441 g/mol. The van der Waals surface area contributed by atoms with Crippen molar-refractivity contribution in [1.29, 1.82) is 0 Å². The Bertz CT molecular complexity index is 972. The van der Waals surface area contributed by atoms with Gasteiger partial charge < -0.3 is 28.9 Å². The van der Waals surface area contributed by atoms with E-state index < -0.39 is 23.5 Å². The minimum Gasteiger partial charge on any atom is -0.497 e. The zero-order valence-electron chi connectivity index (χ0n) is 18.2. The maximum Gasteiger partial charge on any atom is 0.409 e. The van der Waals surface area contributed by atoms with Gasteiger partial charge in [0.2, 0.25) is 11.8 Å². The number of hydrogen-bond donors (Lipinski definition) is 0. The molecule has 1 aromatic rings. The molecular weight excluding hydrogens is 414 g/mol. The number of fused-ring (bicyclic) bond motifs is 1. The molecule has 4 aliphatic heterocycles. The van der Waals surface area contributed by atoms with Crippen LogP contribution < -0.4 is 9.64 Å². The van der Waals surface area contributed by atoms with Crippen molar-refractivity contribution in [3.05, 3.63) is 36.4 Å². The third kappa shape index (κ3) is 3.14. The third-order valence-corrected chi connectivity index (χ3v) is 6.87. The van der Waals surface area contributed by atoms with Crippen LogP contribution in [0.1, 0.15) is 6.92 Å². The highest BCUT2D eigenvalue weighted by Crippen LogP contribution is 2.53. The van der Waals surface area contributed by atoms with Crippen LogP contribution in [0.25, 0.3) is 0 Å². The maximum atomic E-state index is 13.5. The highest BCUT2D eigenvalue weighted by molar-refractivity contribution is 6.03. The standard InChI is InChI=1S/C23H27N3O6/c1-3-31-22(29)25-11-9-24(10-12-25)20(27)18-17-7-8-23(32-17)14-26(21(28)19(18)23)15-5-4-6-16(13-15)30-2/h4-8,13,17-19H,3,9-12,14H2,1-2H3/t17-,18-,19-,23+/m1/s1. The Morgan fingerprint density at radius 2 is 1.94 bits per heavy atom. The fourth-order valence-corrected chi connectivity index (χ4v) is 5.31. The molecule has 9 heteroatoms. The van der Waals surface area contributed by atoms with Crippen molar-refractivity contribution in [2.45, 2.75) is 18.6 Å². The first-order valence-corrected chi connectivity index (χ1v) is 11.0. The fraction of sp³-hybridized carbons (Fsp3) is 0.522. The molecule has 0 saturated carbocycles. The van der Waals surface area contributed by atoms with E-state index in [2.05, 4.69) is 0 Å². The van der Waals surface area contributed by atoms with E-state index in [0.717, 1.165) is 5.69 Å². The van der Waals surface area contributed by atoms with Gasteiger partial charge in [-0.25, -0.2) is 4.79 Å². The molecular formula is C23H27N3O6. The van der Waals surface area contributed by atoms with Crippen LogP contribution in [0.3, 0.4) is 0 Å². The van der Waals surface area contributed by atoms with E-state index in [9.17, 15) is 14.4 Å². The lowest BCUT2D eigenvalue weighted by atomic mass is 9.76. The van der Waals surface area contributed by atoms with E-state index in [1.54, 1.807) is 28.7 Å². The van der Waals surface area contributed by atoms with Gasteiger partial charge in [0.15, 0.2) is 0 Å². The predicted octanol–water partition coefficient (Wildman–Crippen LogP) is 1.28. The highest BCUT2D eigenvalue weighted by Gasteiger charge is 2.67. The van der Waals surface area contributed by atoms with Crippen molar-refractivity contribution >= 4 is 23.6 Å². The fourth-order valence-electron chi connectivity index (χ4n) is 5.31. The number of anilines is 1. The van der Waals surface area contributed by atoms with Crippen LogP contribution in [-0.4, -0.2) is 85.9 Å². The molecule has 4 atom stereocenters. The van der Waals surface area contributed by atoms with Crippen LogP contribution in [0.2, 0.25) is 0 Å². The summed E-state index contributed by atoms with van der Waals surface area (Å²) in [6.45, 7) is 4.12. The van der Waals surface area contributed by atoms with E-state index >= 15 is 0 Å². The lowest BCUT2D eigenvalue weighted by Crippen LogP contribution is -2.54. The van der Waals surface area contributed by atoms with Crippen molar-refractivity contribution in [3.8, 4) is 5.75 Å². The summed E-state index contributed by atoms with van der Waals surface area (Å²) in [5.41, 5.74) is -0.0504. The minimum atomic E-state index is -0.780. The molecule has 170 valence electrons. The normalized spacial score (nSPS) is 30.6. The molecule has 9 nitrogen and oxygen atoms in total. The number of hydrogen-bond acceptors (Lipinski definition) is 6. The van der Waals surface area contributed by atoms with Crippen molar-refractivity contribution in [2.24, 2.45) is 11.8 Å². The van der Waals surface area contributed by atoms with Crippen LogP contribution in [-0.2, 0) is 19.1 Å². The largest absolute Gasteiger partial charge is 0.497 e. The van der Waals surface area contributed by atoms with Gasteiger partial charge in [0.1, 0.15) is 11.4 Å². The highest BCUT2D eigenvalue weighted by atomic mass is 16.6. The first kappa shape index (κ1) is 20.8. The molecule has 32 heavy (non-hydrogen) atoms. The summed E-state index contributed by atoms with van der Waals surface area (Å²) < 4.78 is 16.6. The summed E-state index contributed by atoms with van der Waals surface area (Å²) in [5, 5.41) is 0. The smallest absolute Gasteiger partial charge is 0.409 e. The van der Waals surface area contributed by atoms with E-state index in [1.807, 2.05) is 36.4 Å². The number of methoxy groups -OCH3 is 1. The molecule has 2 bridgehead atoms. The predicted molar refractivity (Wildman–Crippen MR) is 114 cm³/mol. The molecule has 3 saturated heterocycles. The summed E-state index contributed by atoms with van der Waals surface area (Å²) in [5.74, 6) is -0.640. The van der Waals surface area contributed by atoms with Crippen LogP contribution >= 0.6 is 0 Å². The van der Waals surface area contributed by atoms with Crippen molar-refractivity contribution in [2.75, 3.05) is 51.3 Å². The summed E-state index contributed by atoms with van der Waals surface area (Å²) in [6.07, 6.45) is 3.11. The quantitative estimate of drug-likeness (QED) is 0.654. The van der Waals surface area contributed by atoms with E-state index in [1.165, 1.54) is 0 Å². The third-order valence-electron chi connectivity index (χ3n) is 6.87. The molecule has 0 unspecified atom stereocenters. The second-order valence-corrected chi connectivity index (χ2v) is 8.54. The molecule has 0 aromatic heterocycles. The number of piperazine rings is 1. The van der Waals surface area contributed by atoms with Crippen LogP contribution in [0.4, 0.5) is 10.5 Å². The van der Waals surface area contributed by atoms with Gasteiger partial charge in [-0.2, -0.15) is 0 Å². The first-order chi connectivity index (χ1) is 15.5. The Balaban J connectivity index is 1.33. The SMILES string of the molecule is CCOC(=O)N1CCN(C(=O)[C@@H]2[C@H]3C=C[C@@]4(CN(c5cccc(OC)c5)C(=O)[C@@H]24)O3)CC1. The van der Waals surface area contributed by atoms with Gasteiger partial charge in [0.25, 0.3) is 0 Å². The van der Waals surface area contributed by atoms with Gasteiger partial charge in [0, 0.05) is 37.9 Å². The zero-order valence-corrected chi connectivity index (χ0v) is 18.2. The Kier molecular flexibility index (Phi) is 5.08. The first-order valence-electron chi connectivity index (χ1n) is 11.0. The Hall–Kier alpha value is -3.07. The molecule has 0 radical (unpaired) electrons. The summed E-state index contributed by atoms with van der Waals surface area (Å²) in [4.78, 5) is 44.0. The summed E-state index contributed by atoms with van der Waals surface area (Å²) >= 11 is 0. The number of carbonyl (C=O) groups excluding carboxylic acids is 3. The van der Waals surface area contributed by atoms with Crippen LogP contribution in [0.5, 0.6) is 5.75 Å². The number of amides is 3. The summed E-state index contributed by atoms with van der Waals surface area (Å²) in [7, 11) is 1.59. The van der Waals surface area contributed by atoms with Crippen LogP contribution in [0, 0.1) is 11.8 Å². The van der Waals surface area contributed by atoms with Gasteiger partial charge >= 0.3 is 6.09 Å². The minimum absolute atomic E-state index is 0.0874. The topological polar surface area (TPSA) is 88.6 Å². The van der Waals surface area contributed by atoms with Gasteiger partial charge in [-0.15, -0.1) is 0 Å². The Labute approximate surface area is 186 Å². The molecule has 0 aliphatic carbocycles. The lowest BCUT2D eigenvalue weighted by molar-refractivity contribution is -0.141. The Morgan fingerprint density at radius 3 is 2.66 bits per heavy atom. The number of nitrogens with zero attached hydrogens (tertiary/aromatic N) is 3. The van der Waals surface area contributed by atoms with Gasteiger partial charge in [-0.3, -0.25) is 9.59 Å². The molecule has 0 N–H and O–H groups in total. The molecule has 4 aliphatic rings. The van der Waals surface area contributed by atoms with Crippen molar-refractivity contribution in [3.63, 3.8) is 0 Å². The average molecular weight is 441 g/mol. The maximum absolute atomic E-state index is 13.5. The average Bonchev–Trinajstić information content (AvgIpc) is 3.47. The number of benzene rings is 1. The molecule has 3 amide bonds. The lowest BCUT2D eigenvalue weighted by Gasteiger charge is -2.36. The second-order valence-electron chi connectivity index (χ2n) is 8.54. The van der Waals surface area contributed by atoms with E-state index in [4.69, 9.17) is 14.2 Å². The van der Waals surface area contributed by atoms with Crippen molar-refractivity contribution in [1.82, 2.24) is 9.80 Å². The molecule has 4 heterocycles. The van der Waals surface area contributed by atoms with Crippen LogP contribution in [0.15, 0.2) is 36.4 Å². The molecule has 3 fully saturated rings. The number of carbonyl (C=O) groups is 3. The number of ether oxygens (including phenoxy) is 3. The molecule has 1 aromatic carbocycles. The van der Waals surface area contributed by atoms with Crippen molar-refractivity contribution < 1.29 is 28.6 Å². The van der Waals surface area contributed by atoms with Gasteiger partial charge in [-0.1, -0.05) is 18.2 Å². The Morgan fingerprint density at radius 1 is 1.19 bits per heavy atom. The van der Waals surface area contributed by atoms with E-state index in [0.29, 0.717) is 45.1 Å². The summed E-state index contributed by atoms with van der Waals surface area (Å²) in [6, 6.07) is 7.34. The zero-order chi connectivity index (χ0) is 22.5. The second kappa shape index (κ2) is 7.81.